The number of aryl methyl sites for hydroxylation is 3. The fraction of sp³-hybridized carbons (Fsp3) is 0.308. The lowest BCUT2D eigenvalue weighted by molar-refractivity contribution is -0.137. The Morgan fingerprint density at radius 2 is 2.05 bits per heavy atom. The maximum atomic E-state index is 10.7. The van der Waals surface area contributed by atoms with Crippen molar-refractivity contribution in [3.8, 4) is 5.82 Å². The topological polar surface area (TPSA) is 98.2 Å². The van der Waals surface area contributed by atoms with Crippen molar-refractivity contribution in [3.63, 3.8) is 0 Å². The Labute approximate surface area is 120 Å². The van der Waals surface area contributed by atoms with E-state index in [0.29, 0.717) is 17.3 Å². The summed E-state index contributed by atoms with van der Waals surface area (Å²) in [5.74, 6) is 0.293. The maximum Gasteiger partial charge on any atom is 0.303 e. The first kappa shape index (κ1) is 13.2. The predicted molar refractivity (Wildman–Crippen MR) is 73.3 cm³/mol. The predicted octanol–water partition coefficient (Wildman–Crippen LogP) is 0.944. The third-order valence-corrected chi connectivity index (χ3v) is 3.10. The molecule has 0 spiro atoms. The number of carboxylic acid groups (broad SMARTS) is 1. The van der Waals surface area contributed by atoms with Gasteiger partial charge >= 0.3 is 5.97 Å². The SMILES string of the molecule is Cc1cc(C)n(-c2ccc3nnc(CCC(=O)O)n3n2)n1. The third-order valence-electron chi connectivity index (χ3n) is 3.10. The minimum atomic E-state index is -0.874. The number of hydrogen-bond acceptors (Lipinski definition) is 5. The van der Waals surface area contributed by atoms with Gasteiger partial charge in [-0.2, -0.15) is 9.61 Å². The molecule has 0 bridgehead atoms. The van der Waals surface area contributed by atoms with Crippen molar-refractivity contribution in [3.05, 3.63) is 35.4 Å². The Bertz CT molecular complexity index is 819. The Kier molecular flexibility index (Phi) is 3.13. The fourth-order valence-electron chi connectivity index (χ4n) is 2.17. The van der Waals surface area contributed by atoms with Gasteiger partial charge in [0, 0.05) is 12.1 Å². The lowest BCUT2D eigenvalue weighted by Gasteiger charge is -2.04. The van der Waals surface area contributed by atoms with Gasteiger partial charge in [-0.15, -0.1) is 15.3 Å². The number of aliphatic carboxylic acids is 1. The van der Waals surface area contributed by atoms with Crippen molar-refractivity contribution in [2.45, 2.75) is 26.7 Å². The van der Waals surface area contributed by atoms with Crippen LogP contribution < -0.4 is 0 Å². The van der Waals surface area contributed by atoms with E-state index in [0.717, 1.165) is 11.4 Å². The number of rotatable bonds is 4. The molecule has 0 radical (unpaired) electrons. The van der Waals surface area contributed by atoms with Crippen molar-refractivity contribution in [1.29, 1.82) is 0 Å². The molecule has 0 amide bonds. The van der Waals surface area contributed by atoms with Gasteiger partial charge in [0.1, 0.15) is 0 Å². The zero-order valence-corrected chi connectivity index (χ0v) is 11.7. The molecule has 0 unspecified atom stereocenters. The molecule has 0 aliphatic carbocycles. The van der Waals surface area contributed by atoms with Gasteiger partial charge in [0.15, 0.2) is 17.3 Å². The van der Waals surface area contributed by atoms with Gasteiger partial charge in [-0.05, 0) is 32.0 Å². The Balaban J connectivity index is 2.04. The average molecular weight is 286 g/mol. The van der Waals surface area contributed by atoms with Gasteiger partial charge in [-0.25, -0.2) is 4.68 Å². The molecule has 0 fully saturated rings. The van der Waals surface area contributed by atoms with E-state index in [1.807, 2.05) is 26.0 Å². The molecule has 8 heteroatoms. The first-order valence-corrected chi connectivity index (χ1v) is 6.51. The van der Waals surface area contributed by atoms with E-state index >= 15 is 0 Å². The highest BCUT2D eigenvalue weighted by Crippen LogP contribution is 2.11. The molecule has 108 valence electrons. The van der Waals surface area contributed by atoms with E-state index < -0.39 is 5.97 Å². The summed E-state index contributed by atoms with van der Waals surface area (Å²) in [6.45, 7) is 3.86. The van der Waals surface area contributed by atoms with Crippen LogP contribution in [0.15, 0.2) is 18.2 Å². The van der Waals surface area contributed by atoms with E-state index in [-0.39, 0.29) is 12.8 Å². The van der Waals surface area contributed by atoms with Crippen LogP contribution >= 0.6 is 0 Å². The normalized spacial score (nSPS) is 11.1. The Hall–Kier alpha value is -2.77. The van der Waals surface area contributed by atoms with Crippen LogP contribution in [-0.4, -0.2) is 40.7 Å². The summed E-state index contributed by atoms with van der Waals surface area (Å²) in [6.07, 6.45) is 0.274. The van der Waals surface area contributed by atoms with Crippen molar-refractivity contribution < 1.29 is 9.90 Å². The summed E-state index contributed by atoms with van der Waals surface area (Å²) in [7, 11) is 0. The molecule has 0 aromatic carbocycles. The highest BCUT2D eigenvalue weighted by molar-refractivity contribution is 5.66. The number of nitrogens with zero attached hydrogens (tertiary/aromatic N) is 6. The highest BCUT2D eigenvalue weighted by atomic mass is 16.4. The first-order chi connectivity index (χ1) is 10.0. The zero-order valence-electron chi connectivity index (χ0n) is 11.7. The zero-order chi connectivity index (χ0) is 15.0. The van der Waals surface area contributed by atoms with E-state index in [9.17, 15) is 4.79 Å². The highest BCUT2D eigenvalue weighted by Gasteiger charge is 2.11. The summed E-state index contributed by atoms with van der Waals surface area (Å²) in [6, 6.07) is 5.56. The van der Waals surface area contributed by atoms with Crippen LogP contribution in [0.1, 0.15) is 23.6 Å². The van der Waals surface area contributed by atoms with E-state index in [2.05, 4.69) is 20.4 Å². The molecule has 3 rings (SSSR count). The minimum absolute atomic E-state index is 0.00733. The molecule has 0 saturated heterocycles. The van der Waals surface area contributed by atoms with E-state index in [4.69, 9.17) is 5.11 Å². The second kappa shape index (κ2) is 4.97. The first-order valence-electron chi connectivity index (χ1n) is 6.51. The van der Waals surface area contributed by atoms with E-state index in [1.165, 1.54) is 0 Å². The Morgan fingerprint density at radius 1 is 1.24 bits per heavy atom. The molecule has 21 heavy (non-hydrogen) atoms. The lowest BCUT2D eigenvalue weighted by atomic mass is 10.3. The minimum Gasteiger partial charge on any atom is -0.481 e. The van der Waals surface area contributed by atoms with Crippen LogP contribution in [-0.2, 0) is 11.2 Å². The van der Waals surface area contributed by atoms with Crippen LogP contribution in [0.5, 0.6) is 0 Å². The maximum absolute atomic E-state index is 10.7. The monoisotopic (exact) mass is 286 g/mol. The van der Waals surface area contributed by atoms with Gasteiger partial charge in [0.05, 0.1) is 12.1 Å². The van der Waals surface area contributed by atoms with Crippen molar-refractivity contribution in [1.82, 2.24) is 29.6 Å². The van der Waals surface area contributed by atoms with Gasteiger partial charge in [-0.3, -0.25) is 4.79 Å². The Morgan fingerprint density at radius 3 is 2.71 bits per heavy atom. The number of hydrogen-bond donors (Lipinski definition) is 1. The van der Waals surface area contributed by atoms with Gasteiger partial charge < -0.3 is 5.11 Å². The smallest absolute Gasteiger partial charge is 0.303 e. The molecule has 0 saturated carbocycles. The lowest BCUT2D eigenvalue weighted by Crippen LogP contribution is -2.08. The molecular weight excluding hydrogens is 272 g/mol. The molecular formula is C13H14N6O2. The molecule has 0 aliphatic heterocycles. The van der Waals surface area contributed by atoms with Crippen LogP contribution in [0.3, 0.4) is 0 Å². The van der Waals surface area contributed by atoms with Crippen LogP contribution in [0.25, 0.3) is 11.5 Å². The van der Waals surface area contributed by atoms with Gasteiger partial charge in [-0.1, -0.05) is 0 Å². The molecule has 3 heterocycles. The molecule has 1 N–H and O–H groups in total. The fourth-order valence-corrected chi connectivity index (χ4v) is 2.17. The van der Waals surface area contributed by atoms with Crippen molar-refractivity contribution in [2.75, 3.05) is 0 Å². The van der Waals surface area contributed by atoms with E-state index in [1.54, 1.807) is 15.3 Å². The van der Waals surface area contributed by atoms with Crippen molar-refractivity contribution >= 4 is 11.6 Å². The number of fused-ring (bicyclic) bond motifs is 1. The molecule has 3 aromatic heterocycles. The molecule has 8 nitrogen and oxygen atoms in total. The summed E-state index contributed by atoms with van der Waals surface area (Å²) < 4.78 is 3.30. The van der Waals surface area contributed by atoms with Crippen LogP contribution in [0, 0.1) is 13.8 Å². The number of carbonyl (C=O) groups is 1. The standard InChI is InChI=1S/C13H14N6O2/c1-8-7-9(2)18(16-8)12-4-3-10-14-15-11(19(10)17-12)5-6-13(20)21/h3-4,7H,5-6H2,1-2H3,(H,20,21). The van der Waals surface area contributed by atoms with Gasteiger partial charge in [0.2, 0.25) is 0 Å². The summed E-state index contributed by atoms with van der Waals surface area (Å²) in [4.78, 5) is 10.7. The molecule has 3 aromatic rings. The second-order valence-corrected chi connectivity index (χ2v) is 4.81. The average Bonchev–Trinajstić information content (AvgIpc) is 2.98. The van der Waals surface area contributed by atoms with Gasteiger partial charge in [0.25, 0.3) is 0 Å². The van der Waals surface area contributed by atoms with Crippen LogP contribution in [0.4, 0.5) is 0 Å². The summed E-state index contributed by atoms with van der Waals surface area (Å²) >= 11 is 0. The van der Waals surface area contributed by atoms with Crippen LogP contribution in [0.2, 0.25) is 0 Å². The number of carboxylic acids is 1. The number of aromatic nitrogens is 6. The van der Waals surface area contributed by atoms with Crippen molar-refractivity contribution in [2.24, 2.45) is 0 Å². The molecule has 0 atom stereocenters. The largest absolute Gasteiger partial charge is 0.481 e. The molecule has 0 aliphatic rings. The second-order valence-electron chi connectivity index (χ2n) is 4.81. The summed E-state index contributed by atoms with van der Waals surface area (Å²) in [5, 5.41) is 25.6. The quantitative estimate of drug-likeness (QED) is 0.766. The summed E-state index contributed by atoms with van der Waals surface area (Å²) in [5.41, 5.74) is 2.46. The third kappa shape index (κ3) is 2.47.